The second kappa shape index (κ2) is 10.8. The average molecular weight is 433 g/mol. The molecule has 30 heavy (non-hydrogen) atoms. The van der Waals surface area contributed by atoms with Gasteiger partial charge in [0.05, 0.1) is 26.4 Å². The largest absolute Gasteiger partial charge is 0.377 e. The molecule has 3 fully saturated rings. The van der Waals surface area contributed by atoms with Crippen molar-refractivity contribution < 1.29 is 27.8 Å². The van der Waals surface area contributed by atoms with E-state index in [1.807, 2.05) is 0 Å². The van der Waals surface area contributed by atoms with Gasteiger partial charge in [-0.05, 0) is 25.9 Å². The van der Waals surface area contributed by atoms with Gasteiger partial charge in [0.25, 0.3) is 11.8 Å². The number of hydrogen-bond acceptors (Lipinski definition) is 6. The van der Waals surface area contributed by atoms with Gasteiger partial charge in [0.1, 0.15) is 0 Å². The number of piperazine rings is 1. The van der Waals surface area contributed by atoms with E-state index in [9.17, 15) is 18.4 Å². The van der Waals surface area contributed by atoms with Crippen LogP contribution in [0.4, 0.5) is 8.78 Å². The van der Waals surface area contributed by atoms with Crippen molar-refractivity contribution in [3.8, 4) is 0 Å². The van der Waals surface area contributed by atoms with Crippen molar-refractivity contribution in [2.45, 2.75) is 37.0 Å². The molecule has 3 saturated heterocycles. The van der Waals surface area contributed by atoms with E-state index >= 15 is 0 Å². The van der Waals surface area contributed by atoms with Crippen LogP contribution in [0.25, 0.3) is 0 Å². The first-order valence-electron chi connectivity index (χ1n) is 11.0. The van der Waals surface area contributed by atoms with Crippen LogP contribution in [0.1, 0.15) is 25.7 Å². The number of carbonyl (C=O) groups is 2. The summed E-state index contributed by atoms with van der Waals surface area (Å²) < 4.78 is 38.4. The van der Waals surface area contributed by atoms with Crippen molar-refractivity contribution in [3.05, 3.63) is 0 Å². The topological polar surface area (TPSA) is 83.1 Å². The monoisotopic (exact) mass is 432 g/mol. The lowest BCUT2D eigenvalue weighted by molar-refractivity contribution is -0.133. The van der Waals surface area contributed by atoms with Crippen LogP contribution in [-0.4, -0.2) is 112 Å². The number of nitrogens with zero attached hydrogens (tertiary/aromatic N) is 2. The van der Waals surface area contributed by atoms with Crippen molar-refractivity contribution >= 4 is 11.8 Å². The Hall–Kier alpha value is -1.36. The third-order valence-electron chi connectivity index (χ3n) is 6.10. The smallest absolute Gasteiger partial charge is 0.260 e. The molecule has 0 saturated carbocycles. The van der Waals surface area contributed by atoms with Gasteiger partial charge < -0.3 is 29.9 Å². The second-order valence-electron chi connectivity index (χ2n) is 8.44. The molecule has 3 rings (SSSR count). The molecular weight excluding hydrogens is 398 g/mol. The predicted octanol–water partition coefficient (Wildman–Crippen LogP) is -0.126. The molecule has 8 nitrogen and oxygen atoms in total. The molecule has 3 heterocycles. The number of hydrogen-bond donors (Lipinski definition) is 2. The molecule has 0 bridgehead atoms. The number of rotatable bonds is 10. The number of amides is 2. The highest BCUT2D eigenvalue weighted by atomic mass is 19.1. The van der Waals surface area contributed by atoms with Gasteiger partial charge in [-0.2, -0.15) is 0 Å². The van der Waals surface area contributed by atoms with Crippen molar-refractivity contribution in [2.75, 3.05) is 78.8 Å². The molecular formula is C20H34F2N4O4. The Kier molecular flexibility index (Phi) is 8.38. The number of carbonyl (C=O) groups excluding carboxylic acids is 2. The van der Waals surface area contributed by atoms with Crippen LogP contribution in [0, 0.1) is 0 Å². The van der Waals surface area contributed by atoms with Crippen LogP contribution >= 0.6 is 0 Å². The molecule has 2 unspecified atom stereocenters. The van der Waals surface area contributed by atoms with E-state index in [1.165, 1.54) is 0 Å². The van der Waals surface area contributed by atoms with Crippen molar-refractivity contribution in [3.63, 3.8) is 0 Å². The summed E-state index contributed by atoms with van der Waals surface area (Å²) in [5, 5.41) is 5.36. The van der Waals surface area contributed by atoms with Crippen LogP contribution in [-0.2, 0) is 19.1 Å². The molecule has 0 radical (unpaired) electrons. The van der Waals surface area contributed by atoms with E-state index in [0.29, 0.717) is 26.3 Å². The molecule has 10 heteroatoms. The lowest BCUT2D eigenvalue weighted by Gasteiger charge is -2.34. The van der Waals surface area contributed by atoms with E-state index in [2.05, 4.69) is 20.4 Å². The van der Waals surface area contributed by atoms with Gasteiger partial charge in [-0.1, -0.05) is 0 Å². The normalized spacial score (nSPS) is 30.5. The molecule has 2 amide bonds. The summed E-state index contributed by atoms with van der Waals surface area (Å²) in [6.45, 7) is 6.70. The van der Waals surface area contributed by atoms with Gasteiger partial charge in [0, 0.05) is 52.1 Å². The molecule has 0 aromatic carbocycles. The lowest BCUT2D eigenvalue weighted by atomic mass is 10.1. The number of ether oxygens (including phenoxy) is 2. The molecule has 2 N–H and O–H groups in total. The molecule has 0 aromatic heterocycles. The molecule has 172 valence electrons. The summed E-state index contributed by atoms with van der Waals surface area (Å²) in [5.74, 6) is -1.12. The van der Waals surface area contributed by atoms with Crippen LogP contribution in [0.5, 0.6) is 0 Å². The zero-order valence-corrected chi connectivity index (χ0v) is 17.6. The lowest BCUT2D eigenvalue weighted by Crippen LogP contribution is -2.48. The summed E-state index contributed by atoms with van der Waals surface area (Å²) in [6, 6.07) is 0. The quantitative estimate of drug-likeness (QED) is 0.468. The standard InChI is InChI=1S/C20H34F2N4O4/c21-19(3-13-29-15-19)17(27)23-5-1-7-25-9-11-26(12-10-25)8-2-6-24-18(28)20(22)4-14-30-16-20/h1-16H2,(H,23,27)(H,24,28). The highest BCUT2D eigenvalue weighted by Crippen LogP contribution is 2.24. The second-order valence-corrected chi connectivity index (χ2v) is 8.44. The Morgan fingerprint density at radius 3 is 1.50 bits per heavy atom. The first-order chi connectivity index (χ1) is 14.4. The first-order valence-corrected chi connectivity index (χ1v) is 11.0. The summed E-state index contributed by atoms with van der Waals surface area (Å²) >= 11 is 0. The van der Waals surface area contributed by atoms with Gasteiger partial charge in [-0.15, -0.1) is 0 Å². The Morgan fingerprint density at radius 2 is 1.17 bits per heavy atom. The fourth-order valence-corrected chi connectivity index (χ4v) is 4.00. The van der Waals surface area contributed by atoms with Crippen molar-refractivity contribution in [2.24, 2.45) is 0 Å². The highest BCUT2D eigenvalue weighted by molar-refractivity contribution is 5.85. The van der Waals surface area contributed by atoms with E-state index < -0.39 is 23.2 Å². The first kappa shape index (κ1) is 23.3. The Morgan fingerprint density at radius 1 is 0.767 bits per heavy atom. The molecule has 0 aromatic rings. The van der Waals surface area contributed by atoms with Crippen LogP contribution in [0.15, 0.2) is 0 Å². The summed E-state index contributed by atoms with van der Waals surface area (Å²) in [6.07, 6.45) is 1.83. The van der Waals surface area contributed by atoms with Gasteiger partial charge >= 0.3 is 0 Å². The minimum atomic E-state index is -1.86. The zero-order valence-electron chi connectivity index (χ0n) is 17.6. The Balaban J connectivity index is 1.20. The van der Waals surface area contributed by atoms with Gasteiger partial charge in [-0.3, -0.25) is 9.59 Å². The van der Waals surface area contributed by atoms with E-state index in [1.54, 1.807) is 0 Å². The van der Waals surface area contributed by atoms with Gasteiger partial charge in [0.2, 0.25) is 11.3 Å². The summed E-state index contributed by atoms with van der Waals surface area (Å²) in [5.41, 5.74) is -3.72. The minimum absolute atomic E-state index is 0.132. The Bertz CT molecular complexity index is 525. The summed E-state index contributed by atoms with van der Waals surface area (Å²) in [4.78, 5) is 28.4. The third-order valence-corrected chi connectivity index (χ3v) is 6.10. The average Bonchev–Trinajstić information content (AvgIpc) is 3.39. The molecule has 3 aliphatic rings. The van der Waals surface area contributed by atoms with Crippen molar-refractivity contribution in [1.82, 2.24) is 20.4 Å². The molecule has 2 atom stereocenters. The SMILES string of the molecule is O=C(NCCCN1CCN(CCCNC(=O)C2(F)CCOC2)CC1)C1(F)CCOC1. The predicted molar refractivity (Wildman–Crippen MR) is 107 cm³/mol. The van der Waals surface area contributed by atoms with Gasteiger partial charge in [0.15, 0.2) is 0 Å². The van der Waals surface area contributed by atoms with Crippen molar-refractivity contribution in [1.29, 1.82) is 0 Å². The molecule has 0 aliphatic carbocycles. The van der Waals surface area contributed by atoms with Gasteiger partial charge in [-0.25, -0.2) is 8.78 Å². The molecule has 3 aliphatic heterocycles. The zero-order chi connectivity index (χ0) is 21.5. The van der Waals surface area contributed by atoms with Crippen LogP contribution in [0.3, 0.4) is 0 Å². The highest BCUT2D eigenvalue weighted by Gasteiger charge is 2.43. The Labute approximate surface area is 176 Å². The number of alkyl halides is 2. The van der Waals surface area contributed by atoms with E-state index in [0.717, 1.165) is 52.1 Å². The fourth-order valence-electron chi connectivity index (χ4n) is 4.00. The third kappa shape index (κ3) is 6.32. The summed E-state index contributed by atoms with van der Waals surface area (Å²) in [7, 11) is 0. The van der Waals surface area contributed by atoms with E-state index in [4.69, 9.17) is 9.47 Å². The number of nitrogens with one attached hydrogen (secondary N) is 2. The van der Waals surface area contributed by atoms with Crippen LogP contribution in [0.2, 0.25) is 0 Å². The maximum absolute atomic E-state index is 14.2. The maximum atomic E-state index is 14.2. The number of halogens is 2. The minimum Gasteiger partial charge on any atom is -0.377 e. The fraction of sp³-hybridized carbons (Fsp3) is 0.900. The maximum Gasteiger partial charge on any atom is 0.260 e. The molecule has 0 spiro atoms. The van der Waals surface area contributed by atoms with E-state index in [-0.39, 0.29) is 26.1 Å². The van der Waals surface area contributed by atoms with Crippen LogP contribution < -0.4 is 10.6 Å².